The summed E-state index contributed by atoms with van der Waals surface area (Å²) < 4.78 is 0. The molecule has 0 bridgehead atoms. The summed E-state index contributed by atoms with van der Waals surface area (Å²) in [6.07, 6.45) is 3.12. The molecule has 2 aromatic heterocycles. The first-order valence-corrected chi connectivity index (χ1v) is 11.7. The number of nitrogens with zero attached hydrogens (tertiary/aromatic N) is 4. The normalized spacial score (nSPS) is 14.4. The van der Waals surface area contributed by atoms with E-state index in [1.54, 1.807) is 17.7 Å². The van der Waals surface area contributed by atoms with Gasteiger partial charge in [-0.2, -0.15) is 0 Å². The Morgan fingerprint density at radius 2 is 1.74 bits per heavy atom. The van der Waals surface area contributed by atoms with E-state index in [2.05, 4.69) is 28.7 Å². The maximum absolute atomic E-state index is 12.7. The number of carbonyl (C=O) groups is 2. The molecular formula is C24H28N4O2S. The smallest absolute Gasteiger partial charge is 0.223 e. The topological polar surface area (TPSA) is 66.4 Å². The van der Waals surface area contributed by atoms with Crippen LogP contribution >= 0.6 is 11.3 Å². The van der Waals surface area contributed by atoms with E-state index in [1.807, 2.05) is 40.6 Å². The largest absolute Gasteiger partial charge is 0.352 e. The van der Waals surface area contributed by atoms with Crippen molar-refractivity contribution in [1.29, 1.82) is 0 Å². The van der Waals surface area contributed by atoms with Gasteiger partial charge >= 0.3 is 0 Å². The number of fused-ring (bicyclic) bond motifs is 1. The fourth-order valence-corrected chi connectivity index (χ4v) is 4.74. The summed E-state index contributed by atoms with van der Waals surface area (Å²) in [7, 11) is 0. The predicted octanol–water partition coefficient (Wildman–Crippen LogP) is 4.20. The van der Waals surface area contributed by atoms with Crippen molar-refractivity contribution in [2.24, 2.45) is 5.92 Å². The molecule has 162 valence electrons. The molecule has 1 aliphatic heterocycles. The molecule has 1 saturated heterocycles. The first-order chi connectivity index (χ1) is 15.0. The zero-order valence-electron chi connectivity index (χ0n) is 18.1. The van der Waals surface area contributed by atoms with E-state index < -0.39 is 0 Å². The molecule has 0 unspecified atom stereocenters. The quantitative estimate of drug-likeness (QED) is 0.519. The Morgan fingerprint density at radius 3 is 2.45 bits per heavy atom. The Kier molecular flexibility index (Phi) is 6.61. The van der Waals surface area contributed by atoms with E-state index in [1.165, 1.54) is 5.56 Å². The number of Topliss-reactive ketones (excluding diaryl/α,β-unsaturated/α-hetero) is 1. The number of amides is 1. The molecule has 6 nitrogen and oxygen atoms in total. The summed E-state index contributed by atoms with van der Waals surface area (Å²) in [6.45, 7) is 7.12. The molecule has 0 spiro atoms. The van der Waals surface area contributed by atoms with Crippen LogP contribution in [0.25, 0.3) is 10.2 Å². The van der Waals surface area contributed by atoms with Gasteiger partial charge in [0.1, 0.15) is 17.0 Å². The van der Waals surface area contributed by atoms with Crippen molar-refractivity contribution in [3.63, 3.8) is 0 Å². The average Bonchev–Trinajstić information content (AvgIpc) is 3.26. The van der Waals surface area contributed by atoms with Crippen molar-refractivity contribution in [3.05, 3.63) is 53.2 Å². The molecule has 0 saturated carbocycles. The molecule has 1 amide bonds. The number of benzene rings is 1. The molecule has 1 aliphatic rings. The van der Waals surface area contributed by atoms with Crippen LogP contribution in [0.1, 0.15) is 42.6 Å². The van der Waals surface area contributed by atoms with Crippen molar-refractivity contribution < 1.29 is 9.59 Å². The first-order valence-electron chi connectivity index (χ1n) is 10.8. The maximum Gasteiger partial charge on any atom is 0.223 e. The van der Waals surface area contributed by atoms with Crippen molar-refractivity contribution in [2.75, 3.05) is 31.1 Å². The summed E-state index contributed by atoms with van der Waals surface area (Å²) >= 11 is 1.61. The molecule has 0 atom stereocenters. The van der Waals surface area contributed by atoms with Gasteiger partial charge in [0, 0.05) is 44.6 Å². The molecule has 0 aliphatic carbocycles. The van der Waals surface area contributed by atoms with E-state index in [-0.39, 0.29) is 24.5 Å². The Morgan fingerprint density at radius 1 is 1.00 bits per heavy atom. The molecule has 4 rings (SSSR count). The van der Waals surface area contributed by atoms with Crippen LogP contribution in [0.3, 0.4) is 0 Å². The zero-order chi connectivity index (χ0) is 21.8. The number of hydrogen-bond donors (Lipinski definition) is 0. The summed E-state index contributed by atoms with van der Waals surface area (Å²) in [6, 6.07) is 9.86. The molecule has 3 heterocycles. The number of anilines is 1. The number of rotatable bonds is 7. The van der Waals surface area contributed by atoms with Gasteiger partial charge in [-0.15, -0.1) is 11.3 Å². The molecule has 3 aromatic rings. The van der Waals surface area contributed by atoms with E-state index >= 15 is 0 Å². The molecule has 1 fully saturated rings. The minimum absolute atomic E-state index is 0.0314. The van der Waals surface area contributed by atoms with Gasteiger partial charge in [0.05, 0.1) is 5.39 Å². The predicted molar refractivity (Wildman–Crippen MR) is 125 cm³/mol. The number of piperazine rings is 1. The lowest BCUT2D eigenvalue weighted by Gasteiger charge is -2.35. The van der Waals surface area contributed by atoms with E-state index in [4.69, 9.17) is 0 Å². The van der Waals surface area contributed by atoms with Crippen LogP contribution in [0.5, 0.6) is 0 Å². The monoisotopic (exact) mass is 436 g/mol. The highest BCUT2D eigenvalue weighted by Gasteiger charge is 2.23. The highest BCUT2D eigenvalue weighted by molar-refractivity contribution is 7.16. The minimum atomic E-state index is 0.0314. The number of carbonyl (C=O) groups excluding carboxylic acids is 2. The van der Waals surface area contributed by atoms with Crippen molar-refractivity contribution in [2.45, 2.75) is 33.1 Å². The summed E-state index contributed by atoms with van der Waals surface area (Å²) in [5, 5.41) is 3.09. The van der Waals surface area contributed by atoms with Crippen LogP contribution < -0.4 is 4.90 Å². The minimum Gasteiger partial charge on any atom is -0.352 e. The summed E-state index contributed by atoms with van der Waals surface area (Å²) in [5.74, 6) is 1.61. The Balaban J connectivity index is 1.27. The first kappa shape index (κ1) is 21.4. The van der Waals surface area contributed by atoms with Crippen LogP contribution in [0.15, 0.2) is 42.0 Å². The molecule has 31 heavy (non-hydrogen) atoms. The van der Waals surface area contributed by atoms with Gasteiger partial charge in [-0.3, -0.25) is 9.59 Å². The van der Waals surface area contributed by atoms with Gasteiger partial charge in [0.15, 0.2) is 5.78 Å². The van der Waals surface area contributed by atoms with E-state index in [0.717, 1.165) is 35.5 Å². The van der Waals surface area contributed by atoms with Crippen molar-refractivity contribution >= 4 is 39.1 Å². The van der Waals surface area contributed by atoms with Gasteiger partial charge in [-0.05, 0) is 29.3 Å². The van der Waals surface area contributed by atoms with Crippen LogP contribution in [0.2, 0.25) is 0 Å². The second-order valence-corrected chi connectivity index (χ2v) is 9.32. The van der Waals surface area contributed by atoms with Crippen molar-refractivity contribution in [1.82, 2.24) is 14.9 Å². The average molecular weight is 437 g/mol. The van der Waals surface area contributed by atoms with Crippen LogP contribution in [-0.2, 0) is 11.2 Å². The third kappa shape index (κ3) is 5.10. The third-order valence-electron chi connectivity index (χ3n) is 5.66. The van der Waals surface area contributed by atoms with E-state index in [9.17, 15) is 9.59 Å². The Labute approximate surface area is 186 Å². The lowest BCUT2D eigenvalue weighted by Crippen LogP contribution is -2.49. The Bertz CT molecular complexity index is 1050. The second-order valence-electron chi connectivity index (χ2n) is 8.42. The molecule has 1 aromatic carbocycles. The molecule has 0 radical (unpaired) electrons. The van der Waals surface area contributed by atoms with Gasteiger partial charge in [-0.25, -0.2) is 9.97 Å². The number of hydrogen-bond acceptors (Lipinski definition) is 6. The fourth-order valence-electron chi connectivity index (χ4n) is 4.02. The molecule has 0 N–H and O–H groups in total. The third-order valence-corrected chi connectivity index (χ3v) is 6.48. The van der Waals surface area contributed by atoms with Gasteiger partial charge < -0.3 is 9.80 Å². The molecular weight excluding hydrogens is 408 g/mol. The highest BCUT2D eigenvalue weighted by Crippen LogP contribution is 2.27. The highest BCUT2D eigenvalue weighted by atomic mass is 32.1. The van der Waals surface area contributed by atoms with Gasteiger partial charge in [-0.1, -0.05) is 38.1 Å². The number of ketones is 1. The van der Waals surface area contributed by atoms with Crippen molar-refractivity contribution in [3.8, 4) is 0 Å². The molecule has 7 heteroatoms. The maximum atomic E-state index is 12.7. The van der Waals surface area contributed by atoms with Crippen LogP contribution in [0.4, 0.5) is 5.82 Å². The lowest BCUT2D eigenvalue weighted by atomic mass is 9.99. The fraction of sp³-hybridized carbons (Fsp3) is 0.417. The Hall–Kier alpha value is -2.80. The SMILES string of the molecule is CC(C)Cc1ccc(C(=O)CCC(=O)N2CCN(c3ncnc4sccc34)CC2)cc1. The van der Waals surface area contributed by atoms with Gasteiger partial charge in [0.2, 0.25) is 5.91 Å². The summed E-state index contributed by atoms with van der Waals surface area (Å²) in [5.41, 5.74) is 1.93. The summed E-state index contributed by atoms with van der Waals surface area (Å²) in [4.78, 5) is 39.0. The lowest BCUT2D eigenvalue weighted by molar-refractivity contribution is -0.131. The number of thiophene rings is 1. The second kappa shape index (κ2) is 9.56. The van der Waals surface area contributed by atoms with E-state index in [0.29, 0.717) is 24.6 Å². The number of aromatic nitrogens is 2. The van der Waals surface area contributed by atoms with Gasteiger partial charge in [0.25, 0.3) is 0 Å². The standard InChI is InChI=1S/C24H28N4O2S/c1-17(2)15-18-3-5-19(6-4-18)21(29)7-8-22(30)27-10-12-28(13-11-27)23-20-9-14-31-24(20)26-16-25-23/h3-6,9,14,16-17H,7-8,10-13,15H2,1-2H3. The van der Waals surface area contributed by atoms with Crippen LogP contribution in [0, 0.1) is 5.92 Å². The zero-order valence-corrected chi connectivity index (χ0v) is 18.9. The van der Waals surface area contributed by atoms with Crippen LogP contribution in [-0.4, -0.2) is 52.7 Å².